The number of nitrogens with one attached hydrogen (secondary N) is 1. The van der Waals surface area contributed by atoms with E-state index in [1.807, 2.05) is 0 Å². The summed E-state index contributed by atoms with van der Waals surface area (Å²) in [4.78, 5) is 0. The first-order chi connectivity index (χ1) is 8.64. The van der Waals surface area contributed by atoms with Crippen LogP contribution in [0, 0.1) is 17.6 Å². The molecule has 2 unspecified atom stereocenters. The molecular weight excluding hydrogens is 232 g/mol. The van der Waals surface area contributed by atoms with Crippen molar-refractivity contribution in [3.05, 3.63) is 35.4 Å². The SMILES string of the molecule is CCCNCC1(c2ccc(F)cc2F)CC1CC. The summed E-state index contributed by atoms with van der Waals surface area (Å²) >= 11 is 0. The van der Waals surface area contributed by atoms with Crippen molar-refractivity contribution in [2.45, 2.75) is 38.5 Å². The lowest BCUT2D eigenvalue weighted by Crippen LogP contribution is -2.30. The summed E-state index contributed by atoms with van der Waals surface area (Å²) in [6.45, 7) is 5.99. The fraction of sp³-hybridized carbons (Fsp3) is 0.600. The minimum Gasteiger partial charge on any atom is -0.316 e. The number of rotatable bonds is 6. The van der Waals surface area contributed by atoms with Gasteiger partial charge in [-0.2, -0.15) is 0 Å². The minimum atomic E-state index is -0.499. The third kappa shape index (κ3) is 2.41. The maximum absolute atomic E-state index is 13.9. The predicted octanol–water partition coefficient (Wildman–Crippen LogP) is 3.63. The van der Waals surface area contributed by atoms with Gasteiger partial charge in [0.15, 0.2) is 0 Å². The molecule has 0 radical (unpaired) electrons. The van der Waals surface area contributed by atoms with Crippen LogP contribution in [-0.2, 0) is 5.41 Å². The van der Waals surface area contributed by atoms with Crippen molar-refractivity contribution in [3.63, 3.8) is 0 Å². The number of hydrogen-bond donors (Lipinski definition) is 1. The summed E-state index contributed by atoms with van der Waals surface area (Å²) in [5, 5.41) is 3.38. The molecule has 1 fully saturated rings. The molecule has 1 aliphatic carbocycles. The predicted molar refractivity (Wildman–Crippen MR) is 69.6 cm³/mol. The van der Waals surface area contributed by atoms with Gasteiger partial charge in [-0.3, -0.25) is 0 Å². The van der Waals surface area contributed by atoms with E-state index < -0.39 is 11.6 Å². The van der Waals surface area contributed by atoms with Crippen LogP contribution >= 0.6 is 0 Å². The van der Waals surface area contributed by atoms with Gasteiger partial charge in [0.2, 0.25) is 0 Å². The van der Waals surface area contributed by atoms with Crippen molar-refractivity contribution in [1.82, 2.24) is 5.32 Å². The van der Waals surface area contributed by atoms with Gasteiger partial charge < -0.3 is 5.32 Å². The van der Waals surface area contributed by atoms with Gasteiger partial charge in [-0.05, 0) is 36.9 Å². The molecule has 2 rings (SSSR count). The molecule has 1 aliphatic rings. The summed E-state index contributed by atoms with van der Waals surface area (Å²) in [6, 6.07) is 3.99. The van der Waals surface area contributed by atoms with Crippen LogP contribution in [0.4, 0.5) is 8.78 Å². The van der Waals surface area contributed by atoms with Gasteiger partial charge in [-0.1, -0.05) is 26.3 Å². The van der Waals surface area contributed by atoms with E-state index in [-0.39, 0.29) is 5.41 Å². The highest BCUT2D eigenvalue weighted by Gasteiger charge is 2.54. The molecular formula is C15H21F2N. The maximum atomic E-state index is 13.9. The van der Waals surface area contributed by atoms with Crippen LogP contribution in [0.5, 0.6) is 0 Å². The van der Waals surface area contributed by atoms with E-state index >= 15 is 0 Å². The molecule has 0 saturated heterocycles. The van der Waals surface area contributed by atoms with Crippen molar-refractivity contribution < 1.29 is 8.78 Å². The number of halogens is 2. The highest BCUT2D eigenvalue weighted by Crippen LogP contribution is 2.56. The molecule has 0 bridgehead atoms. The molecule has 100 valence electrons. The Labute approximate surface area is 108 Å². The molecule has 0 spiro atoms. The van der Waals surface area contributed by atoms with E-state index in [0.29, 0.717) is 11.5 Å². The van der Waals surface area contributed by atoms with Crippen LogP contribution < -0.4 is 5.32 Å². The zero-order valence-corrected chi connectivity index (χ0v) is 11.1. The van der Waals surface area contributed by atoms with Gasteiger partial charge in [-0.25, -0.2) is 8.78 Å². The van der Waals surface area contributed by atoms with Gasteiger partial charge in [-0.15, -0.1) is 0 Å². The molecule has 0 aliphatic heterocycles. The van der Waals surface area contributed by atoms with E-state index in [2.05, 4.69) is 19.2 Å². The van der Waals surface area contributed by atoms with E-state index in [9.17, 15) is 8.78 Å². The quantitative estimate of drug-likeness (QED) is 0.763. The highest BCUT2D eigenvalue weighted by molar-refractivity contribution is 5.36. The molecule has 18 heavy (non-hydrogen) atoms. The van der Waals surface area contributed by atoms with Crippen LogP contribution in [0.2, 0.25) is 0 Å². The summed E-state index contributed by atoms with van der Waals surface area (Å²) in [7, 11) is 0. The first-order valence-electron chi connectivity index (χ1n) is 6.80. The molecule has 1 nitrogen and oxygen atoms in total. The first kappa shape index (κ1) is 13.5. The Balaban J connectivity index is 2.20. The second kappa shape index (κ2) is 5.35. The van der Waals surface area contributed by atoms with Gasteiger partial charge in [0.1, 0.15) is 11.6 Å². The van der Waals surface area contributed by atoms with E-state index in [4.69, 9.17) is 0 Å². The molecule has 1 N–H and O–H groups in total. The monoisotopic (exact) mass is 253 g/mol. The van der Waals surface area contributed by atoms with Crippen LogP contribution in [-0.4, -0.2) is 13.1 Å². The second-order valence-electron chi connectivity index (χ2n) is 5.27. The van der Waals surface area contributed by atoms with Crippen molar-refractivity contribution in [1.29, 1.82) is 0 Å². The zero-order valence-electron chi connectivity index (χ0n) is 11.1. The largest absolute Gasteiger partial charge is 0.316 e. The minimum absolute atomic E-state index is 0.109. The second-order valence-corrected chi connectivity index (χ2v) is 5.27. The van der Waals surface area contributed by atoms with Crippen LogP contribution in [0.15, 0.2) is 18.2 Å². The third-order valence-corrected chi connectivity index (χ3v) is 4.06. The van der Waals surface area contributed by atoms with E-state index in [1.54, 1.807) is 6.07 Å². The standard InChI is InChI=1S/C15H21F2N/c1-3-7-18-10-15(9-11(15)4-2)13-6-5-12(16)8-14(13)17/h5-6,8,11,18H,3-4,7,9-10H2,1-2H3. The Hall–Kier alpha value is -0.960. The van der Waals surface area contributed by atoms with E-state index in [0.717, 1.165) is 38.4 Å². The third-order valence-electron chi connectivity index (χ3n) is 4.06. The van der Waals surface area contributed by atoms with Crippen molar-refractivity contribution in [2.24, 2.45) is 5.92 Å². The van der Waals surface area contributed by atoms with Crippen LogP contribution in [0.25, 0.3) is 0 Å². The molecule has 1 saturated carbocycles. The van der Waals surface area contributed by atoms with Gasteiger partial charge >= 0.3 is 0 Å². The fourth-order valence-corrected chi connectivity index (χ4v) is 2.94. The Kier molecular flexibility index (Phi) is 4.00. The van der Waals surface area contributed by atoms with Gasteiger partial charge in [0.25, 0.3) is 0 Å². The zero-order chi connectivity index (χ0) is 13.2. The molecule has 1 aromatic rings. The smallest absolute Gasteiger partial charge is 0.129 e. The van der Waals surface area contributed by atoms with Crippen LogP contribution in [0.1, 0.15) is 38.7 Å². The maximum Gasteiger partial charge on any atom is 0.129 e. The Bertz CT molecular complexity index is 419. The number of benzene rings is 1. The fourth-order valence-electron chi connectivity index (χ4n) is 2.94. The summed E-state index contributed by atoms with van der Waals surface area (Å²) < 4.78 is 26.9. The normalized spacial score (nSPS) is 26.3. The lowest BCUT2D eigenvalue weighted by molar-refractivity contribution is 0.488. The summed E-state index contributed by atoms with van der Waals surface area (Å²) in [6.07, 6.45) is 3.12. The van der Waals surface area contributed by atoms with E-state index in [1.165, 1.54) is 6.07 Å². The lowest BCUT2D eigenvalue weighted by atomic mass is 9.91. The van der Waals surface area contributed by atoms with Gasteiger partial charge in [0.05, 0.1) is 0 Å². The molecule has 3 heteroatoms. The van der Waals surface area contributed by atoms with Crippen molar-refractivity contribution in [2.75, 3.05) is 13.1 Å². The highest BCUT2D eigenvalue weighted by atomic mass is 19.1. The van der Waals surface area contributed by atoms with Gasteiger partial charge in [0, 0.05) is 18.0 Å². The average molecular weight is 253 g/mol. The van der Waals surface area contributed by atoms with Crippen molar-refractivity contribution >= 4 is 0 Å². The average Bonchev–Trinajstić information content (AvgIpc) is 3.04. The Morgan fingerprint density at radius 1 is 1.33 bits per heavy atom. The van der Waals surface area contributed by atoms with Crippen molar-refractivity contribution in [3.8, 4) is 0 Å². The topological polar surface area (TPSA) is 12.0 Å². The summed E-state index contributed by atoms with van der Waals surface area (Å²) in [5.41, 5.74) is 0.571. The first-order valence-corrected chi connectivity index (χ1v) is 6.80. The molecule has 2 atom stereocenters. The molecule has 0 aromatic heterocycles. The summed E-state index contributed by atoms with van der Waals surface area (Å²) in [5.74, 6) is -0.382. The molecule has 0 amide bonds. The Morgan fingerprint density at radius 2 is 2.11 bits per heavy atom. The molecule has 0 heterocycles. The van der Waals surface area contributed by atoms with Crippen LogP contribution in [0.3, 0.4) is 0 Å². The lowest BCUT2D eigenvalue weighted by Gasteiger charge is -2.19. The molecule has 1 aromatic carbocycles. The Morgan fingerprint density at radius 3 is 2.67 bits per heavy atom. The number of hydrogen-bond acceptors (Lipinski definition) is 1.